The molecule has 23 heteroatoms. The highest BCUT2D eigenvalue weighted by molar-refractivity contribution is 6.91. The Labute approximate surface area is 462 Å². The number of rotatable bonds is 46. The van der Waals surface area contributed by atoms with Crippen LogP contribution in [0, 0.1) is 0 Å². The fraction of sp³-hybridized carbons (Fsp3) is 1.00. The standard InChI is InChI=1S/C50H122O13Si10/c1-64(2,3)56-68(11,12)60-72(19,20)62-70(15,16)58-66(7,8)43-39-35-31-27-23-25-29-33-37-41-49(47(53)45-51)55-50(48(54)46-52)42-38-34-30-26-24-28-32-36-40-44-67(9,10)59-71(17,18)63-73(21,22)61-69(13,14)57-65(4,5)6/h47-54H,23-46H2,1-22H3. The minimum Gasteiger partial charge on any atom is -0.437 e. The van der Waals surface area contributed by atoms with E-state index in [0.717, 1.165) is 50.6 Å². The number of ether oxygens (including phenoxy) is 1. The van der Waals surface area contributed by atoms with Crippen molar-refractivity contribution in [1.29, 1.82) is 0 Å². The summed E-state index contributed by atoms with van der Waals surface area (Å²) in [5.74, 6) is 0. The molecule has 0 spiro atoms. The van der Waals surface area contributed by atoms with Gasteiger partial charge in [-0.2, -0.15) is 0 Å². The van der Waals surface area contributed by atoms with Gasteiger partial charge in [-0.3, -0.25) is 0 Å². The van der Waals surface area contributed by atoms with Crippen molar-refractivity contribution in [1.82, 2.24) is 0 Å². The Morgan fingerprint density at radius 2 is 0.479 bits per heavy atom. The largest absolute Gasteiger partial charge is 0.437 e. The summed E-state index contributed by atoms with van der Waals surface area (Å²) in [6.45, 7) is 47.6. The summed E-state index contributed by atoms with van der Waals surface area (Å²) in [4.78, 5) is 0. The maximum absolute atomic E-state index is 10.7. The lowest BCUT2D eigenvalue weighted by Crippen LogP contribution is -2.58. The van der Waals surface area contributed by atoms with Crippen LogP contribution in [-0.2, 0) is 37.7 Å². The maximum Gasteiger partial charge on any atom is 0.314 e. The zero-order chi connectivity index (χ0) is 56.6. The zero-order valence-electron chi connectivity index (χ0n) is 51.7. The highest BCUT2D eigenvalue weighted by Gasteiger charge is 2.47. The third-order valence-electron chi connectivity index (χ3n) is 12.2. The monoisotopic (exact) mass is 1210 g/mol. The lowest BCUT2D eigenvalue weighted by molar-refractivity contribution is -0.137. The van der Waals surface area contributed by atoms with Crippen molar-refractivity contribution in [3.63, 3.8) is 0 Å². The first kappa shape index (κ1) is 74.6. The van der Waals surface area contributed by atoms with Crippen molar-refractivity contribution in [2.75, 3.05) is 13.2 Å². The first-order valence-corrected chi connectivity index (χ1v) is 58.8. The van der Waals surface area contributed by atoms with Gasteiger partial charge in [0.05, 0.1) is 25.4 Å². The molecule has 0 aliphatic rings. The molecule has 440 valence electrons. The van der Waals surface area contributed by atoms with E-state index in [4.69, 9.17) is 37.7 Å². The fourth-order valence-corrected chi connectivity index (χ4v) is 58.5. The number of unbranched alkanes of at least 4 members (excludes halogenated alkanes) is 16. The van der Waals surface area contributed by atoms with Gasteiger partial charge in [-0.1, -0.05) is 116 Å². The van der Waals surface area contributed by atoms with E-state index in [9.17, 15) is 20.4 Å². The first-order chi connectivity index (χ1) is 33.0. The van der Waals surface area contributed by atoms with E-state index in [1.165, 1.54) is 77.0 Å². The van der Waals surface area contributed by atoms with Crippen LogP contribution < -0.4 is 0 Å². The molecule has 4 N–H and O–H groups in total. The number of aliphatic hydroxyl groups is 4. The number of hydrogen-bond acceptors (Lipinski definition) is 13. The van der Waals surface area contributed by atoms with Crippen molar-refractivity contribution in [2.45, 2.75) is 309 Å². The molecular formula is C50H122O13Si10. The van der Waals surface area contributed by atoms with E-state index >= 15 is 0 Å². The van der Waals surface area contributed by atoms with Crippen LogP contribution in [-0.4, -0.2) is 143 Å². The van der Waals surface area contributed by atoms with E-state index in [1.807, 2.05) is 0 Å². The van der Waals surface area contributed by atoms with Crippen LogP contribution in [0.2, 0.25) is 156 Å². The van der Waals surface area contributed by atoms with Gasteiger partial charge in [0.15, 0.2) is 33.3 Å². The molecule has 0 aliphatic heterocycles. The summed E-state index contributed by atoms with van der Waals surface area (Å²) in [6, 6.07) is 2.27. The summed E-state index contributed by atoms with van der Waals surface area (Å²) in [7, 11) is -21.4. The second-order valence-corrected chi connectivity index (χ2v) is 66.9. The van der Waals surface area contributed by atoms with E-state index in [-0.39, 0.29) is 13.2 Å². The molecule has 0 saturated heterocycles. The van der Waals surface area contributed by atoms with Gasteiger partial charge in [-0.15, -0.1) is 0 Å². The highest BCUT2D eigenvalue weighted by Crippen LogP contribution is 2.31. The molecule has 0 aromatic rings. The molecule has 0 rings (SSSR count). The Hall–Kier alpha value is 1.65. The Balaban J connectivity index is 4.49. The second-order valence-electron chi connectivity index (χ2n) is 27.1. The lowest BCUT2D eigenvalue weighted by Gasteiger charge is -2.42. The topological polar surface area (TPSA) is 164 Å². The number of aliphatic hydroxyl groups excluding tert-OH is 4. The molecule has 0 aromatic carbocycles. The molecular weight excluding hydrogens is 1090 g/mol. The van der Waals surface area contributed by atoms with Gasteiger partial charge in [0, 0.05) is 0 Å². The van der Waals surface area contributed by atoms with Gasteiger partial charge in [0.1, 0.15) is 12.2 Å². The van der Waals surface area contributed by atoms with E-state index in [2.05, 4.69) is 144 Å². The van der Waals surface area contributed by atoms with Gasteiger partial charge >= 0.3 is 51.4 Å². The number of hydrogen-bond donors (Lipinski definition) is 4. The molecule has 0 aromatic heterocycles. The molecule has 13 nitrogen and oxygen atoms in total. The lowest BCUT2D eigenvalue weighted by atomic mass is 10.0. The van der Waals surface area contributed by atoms with Crippen molar-refractivity contribution in [3.05, 3.63) is 0 Å². The van der Waals surface area contributed by atoms with Crippen molar-refractivity contribution < 1.29 is 58.1 Å². The molecule has 0 aliphatic carbocycles. The van der Waals surface area contributed by atoms with Crippen LogP contribution in [0.1, 0.15) is 128 Å². The Bertz CT molecular complexity index is 1340. The minimum absolute atomic E-state index is 0.387. The molecule has 4 unspecified atom stereocenters. The molecule has 0 saturated carbocycles. The molecule has 0 amide bonds. The van der Waals surface area contributed by atoms with Gasteiger partial charge < -0.3 is 58.1 Å². The molecule has 0 fully saturated rings. The Kier molecular flexibility index (Phi) is 34.9. The van der Waals surface area contributed by atoms with Crippen LogP contribution >= 0.6 is 0 Å². The molecule has 0 bridgehead atoms. The predicted octanol–water partition coefficient (Wildman–Crippen LogP) is 14.7. The van der Waals surface area contributed by atoms with Gasteiger partial charge in [0.2, 0.25) is 0 Å². The normalized spacial score (nSPS) is 16.0. The maximum atomic E-state index is 10.7. The Morgan fingerprint density at radius 1 is 0.274 bits per heavy atom. The second kappa shape index (κ2) is 34.2. The average molecular weight is 1210 g/mol. The smallest absolute Gasteiger partial charge is 0.314 e. The molecule has 0 radical (unpaired) electrons. The van der Waals surface area contributed by atoms with E-state index in [1.54, 1.807) is 0 Å². The average Bonchev–Trinajstić information content (AvgIpc) is 3.15. The quantitative estimate of drug-likeness (QED) is 0.0337. The van der Waals surface area contributed by atoms with Crippen LogP contribution in [0.3, 0.4) is 0 Å². The fourth-order valence-electron chi connectivity index (χ4n) is 10.8. The summed E-state index contributed by atoms with van der Waals surface area (Å²) >= 11 is 0. The van der Waals surface area contributed by atoms with Crippen LogP contribution in [0.5, 0.6) is 0 Å². The van der Waals surface area contributed by atoms with Gasteiger partial charge in [0.25, 0.3) is 0 Å². The molecule has 73 heavy (non-hydrogen) atoms. The zero-order valence-corrected chi connectivity index (χ0v) is 61.7. The Morgan fingerprint density at radius 3 is 0.712 bits per heavy atom. The summed E-state index contributed by atoms with van der Waals surface area (Å²) in [5.41, 5.74) is 0. The summed E-state index contributed by atoms with van der Waals surface area (Å²) in [5, 5.41) is 41.0. The molecule has 0 heterocycles. The van der Waals surface area contributed by atoms with E-state index in [0.29, 0.717) is 12.8 Å². The van der Waals surface area contributed by atoms with Crippen LogP contribution in [0.4, 0.5) is 0 Å². The highest BCUT2D eigenvalue weighted by atomic mass is 28.5. The van der Waals surface area contributed by atoms with Crippen molar-refractivity contribution in [3.8, 4) is 0 Å². The van der Waals surface area contributed by atoms with Crippen LogP contribution in [0.25, 0.3) is 0 Å². The third-order valence-corrected chi connectivity index (χ3v) is 48.3. The van der Waals surface area contributed by atoms with Crippen molar-refractivity contribution >= 4 is 84.6 Å². The molecule has 4 atom stereocenters. The van der Waals surface area contributed by atoms with Crippen molar-refractivity contribution in [2.24, 2.45) is 0 Å². The van der Waals surface area contributed by atoms with Gasteiger partial charge in [-0.05, 0) is 169 Å². The SMILES string of the molecule is C[Si](C)(C)O[Si](C)(C)O[Si](C)(C)O[Si](C)(C)O[Si](C)(C)CCCCCCCCCCCC(OC(CCCCCCCCCCC[Si](C)(C)O[Si](C)(C)O[Si](C)(C)O[Si](C)(C)O[Si](C)(C)C)C(O)CO)C(O)CO. The summed E-state index contributed by atoms with van der Waals surface area (Å²) < 4.78 is 59.5. The van der Waals surface area contributed by atoms with E-state index < -0.39 is 109 Å². The third kappa shape index (κ3) is 41.3. The summed E-state index contributed by atoms with van der Waals surface area (Å²) in [6.07, 6.45) is 18.7. The van der Waals surface area contributed by atoms with Gasteiger partial charge in [-0.25, -0.2) is 0 Å². The first-order valence-electron chi connectivity index (χ1n) is 28.9. The predicted molar refractivity (Wildman–Crippen MR) is 332 cm³/mol. The van der Waals surface area contributed by atoms with Crippen LogP contribution in [0.15, 0.2) is 0 Å². The minimum atomic E-state index is -2.42.